The first-order valence-corrected chi connectivity index (χ1v) is 40.0. The molecule has 0 amide bonds. The zero-order chi connectivity index (χ0) is 59.6. The molecule has 462 valence electrons. The van der Waals surface area contributed by atoms with E-state index in [4.69, 9.17) is 42.0 Å². The molecule has 6 saturated heterocycles. The van der Waals surface area contributed by atoms with Crippen LogP contribution in [0.25, 0.3) is 0 Å². The molecule has 12 nitrogen and oxygen atoms in total. The van der Waals surface area contributed by atoms with Gasteiger partial charge in [0.15, 0.2) is 32.8 Å². The van der Waals surface area contributed by atoms with E-state index >= 15 is 8.42 Å². The quantitative estimate of drug-likeness (QED) is 0.0599. The van der Waals surface area contributed by atoms with Gasteiger partial charge in [-0.1, -0.05) is 137 Å². The number of rotatable bonds is 24. The van der Waals surface area contributed by atoms with E-state index in [1.54, 1.807) is 12.1 Å². The summed E-state index contributed by atoms with van der Waals surface area (Å²) in [5.41, 5.74) is 3.19. The number of aryl methyl sites for hydroxylation is 1. The third kappa shape index (κ3) is 16.3. The van der Waals surface area contributed by atoms with Gasteiger partial charge in [0.05, 0.1) is 96.6 Å². The third-order valence-electron chi connectivity index (χ3n) is 20.8. The lowest BCUT2D eigenvalue weighted by Gasteiger charge is -2.54. The van der Waals surface area contributed by atoms with Gasteiger partial charge in [-0.15, -0.1) is 0 Å². The van der Waals surface area contributed by atoms with Gasteiger partial charge in [0.2, 0.25) is 0 Å². The number of fused-ring (bicyclic) bond motifs is 1. The fourth-order valence-electron chi connectivity index (χ4n) is 13.2. The maximum atomic E-state index is 15.8. The molecule has 1 N–H and O–H groups in total. The maximum absolute atomic E-state index is 15.8. The Morgan fingerprint density at radius 2 is 1.43 bits per heavy atom. The van der Waals surface area contributed by atoms with Crippen molar-refractivity contribution in [2.45, 2.75) is 299 Å². The van der Waals surface area contributed by atoms with Crippen LogP contribution in [0.4, 0.5) is 0 Å². The molecule has 6 heterocycles. The predicted molar refractivity (Wildman–Crippen MR) is 339 cm³/mol. The molecule has 0 bridgehead atoms. The highest BCUT2D eigenvalue weighted by atomic mass is 127. The minimum Gasteiger partial charge on any atom is -0.411 e. The molecule has 81 heavy (non-hydrogen) atoms. The van der Waals surface area contributed by atoms with Crippen molar-refractivity contribution in [3.8, 4) is 0 Å². The van der Waals surface area contributed by atoms with Crippen LogP contribution < -0.4 is 0 Å². The van der Waals surface area contributed by atoms with Crippen molar-refractivity contribution in [2.24, 2.45) is 29.6 Å². The van der Waals surface area contributed by atoms with Crippen LogP contribution in [0, 0.1) is 29.6 Å². The lowest BCUT2D eigenvalue weighted by molar-refractivity contribution is -0.253. The number of halogens is 1. The molecule has 2 unspecified atom stereocenters. The Bertz CT molecular complexity index is 2350. The summed E-state index contributed by atoms with van der Waals surface area (Å²) in [5, 5.41) is 11.9. The van der Waals surface area contributed by atoms with Crippen LogP contribution in [0.15, 0.2) is 63.6 Å². The van der Waals surface area contributed by atoms with Crippen molar-refractivity contribution in [1.29, 1.82) is 0 Å². The van der Waals surface area contributed by atoms with Crippen LogP contribution in [-0.4, -0.2) is 134 Å². The standard InChI is InChI=1S/C65H109IO12SSi2/c1-19-40(3)35-55-44(7)59(57(75-55)39-56-43(6)41(4)36-47(73-56)23-28-52-42(5)37-48(72-52)25-30-58-70-33-34-71-58)63(79(68,69)50-26-21-46(20-2)22-27-50)51(67)38-49-24-29-53-60(74-49)45(8)61(78-81(17,18)65(12,13)14)62(76-53)54(31-32-66)77-80(15,16)64(9,10)11/h21-22,26-27,31-32,40-41,44-45,47-49,51-63,67H,5-6,19-20,23-25,28-30,33-39H2,1-4,7-18H3/b32-31+/t40-,41+,44+,45+,47+,48+,49-,51?,52+,53+,54+,55-,56-,57+,59-,60+,61+,62-,63?/m1/s1. The number of hydrogen-bond acceptors (Lipinski definition) is 12. The van der Waals surface area contributed by atoms with E-state index in [0.717, 1.165) is 74.5 Å². The highest BCUT2D eigenvalue weighted by Crippen LogP contribution is 2.49. The summed E-state index contributed by atoms with van der Waals surface area (Å²) in [6.07, 6.45) is 7.10. The van der Waals surface area contributed by atoms with E-state index < -0.39 is 56.0 Å². The van der Waals surface area contributed by atoms with Gasteiger partial charge in [0, 0.05) is 31.1 Å². The second-order valence-electron chi connectivity index (χ2n) is 28.6. The van der Waals surface area contributed by atoms with Gasteiger partial charge < -0.3 is 47.1 Å². The summed E-state index contributed by atoms with van der Waals surface area (Å²) in [4.78, 5) is 0.218. The molecule has 0 saturated carbocycles. The molecule has 7 rings (SSSR count). The van der Waals surface area contributed by atoms with E-state index in [1.165, 1.54) is 0 Å². The molecule has 0 spiro atoms. The van der Waals surface area contributed by atoms with Crippen LogP contribution in [0.5, 0.6) is 0 Å². The Morgan fingerprint density at radius 1 is 0.790 bits per heavy atom. The molecule has 6 aliphatic heterocycles. The van der Waals surface area contributed by atoms with Gasteiger partial charge >= 0.3 is 0 Å². The number of benzene rings is 1. The summed E-state index contributed by atoms with van der Waals surface area (Å²) in [5.74, 6) is -0.274. The molecule has 6 aliphatic rings. The van der Waals surface area contributed by atoms with Crippen LogP contribution >= 0.6 is 22.6 Å². The molecule has 1 aromatic rings. The minimum absolute atomic E-state index is 0.0134. The second-order valence-corrected chi connectivity index (χ2v) is 41.0. The Hall–Kier alpha value is -0.846. The van der Waals surface area contributed by atoms with E-state index in [2.05, 4.69) is 151 Å². The van der Waals surface area contributed by atoms with Crippen molar-refractivity contribution in [1.82, 2.24) is 0 Å². The topological polar surface area (TPSA) is 137 Å². The Kier molecular flexibility index (Phi) is 23.5. The summed E-state index contributed by atoms with van der Waals surface area (Å²) in [6, 6.07) is 7.28. The Labute approximate surface area is 507 Å². The first kappa shape index (κ1) is 67.7. The molecule has 0 aromatic heterocycles. The van der Waals surface area contributed by atoms with Gasteiger partial charge in [0.1, 0.15) is 6.10 Å². The lowest BCUT2D eigenvalue weighted by atomic mass is 9.77. The first-order chi connectivity index (χ1) is 37.9. The van der Waals surface area contributed by atoms with Crippen molar-refractivity contribution >= 4 is 49.1 Å². The molecule has 0 aliphatic carbocycles. The molecule has 6 fully saturated rings. The largest absolute Gasteiger partial charge is 0.411 e. The monoisotopic (exact) mass is 1300 g/mol. The second kappa shape index (κ2) is 28.1. The molecule has 19 atom stereocenters. The fourth-order valence-corrected chi connectivity index (χ4v) is 18.5. The van der Waals surface area contributed by atoms with Crippen molar-refractivity contribution in [3.63, 3.8) is 0 Å². The fraction of sp³-hybridized carbons (Fsp3) is 0.815. The van der Waals surface area contributed by atoms with Crippen LogP contribution in [-0.2, 0) is 58.3 Å². The van der Waals surface area contributed by atoms with Crippen LogP contribution in [0.3, 0.4) is 0 Å². The highest BCUT2D eigenvalue weighted by molar-refractivity contribution is 14.1. The normalized spacial score (nSPS) is 34.7. The van der Waals surface area contributed by atoms with Gasteiger partial charge in [-0.3, -0.25) is 0 Å². The van der Waals surface area contributed by atoms with E-state index in [1.807, 2.05) is 16.2 Å². The molecular formula is C65H109IO12SSi2. The van der Waals surface area contributed by atoms with E-state index in [9.17, 15) is 5.11 Å². The van der Waals surface area contributed by atoms with Gasteiger partial charge in [-0.25, -0.2) is 8.42 Å². The average molecular weight is 1300 g/mol. The molecule has 16 heteroatoms. The summed E-state index contributed by atoms with van der Waals surface area (Å²) in [6.45, 7) is 46.3. The van der Waals surface area contributed by atoms with Crippen molar-refractivity contribution in [2.75, 3.05) is 13.2 Å². The summed E-state index contributed by atoms with van der Waals surface area (Å²) >= 11 is 2.30. The zero-order valence-corrected chi connectivity index (χ0v) is 57.7. The molecular weight excluding hydrogens is 1190 g/mol. The summed E-state index contributed by atoms with van der Waals surface area (Å²) in [7, 11) is -8.79. The molecule has 1 aromatic carbocycles. The minimum atomic E-state index is -4.16. The van der Waals surface area contributed by atoms with Gasteiger partial charge in [-0.05, 0) is 151 Å². The van der Waals surface area contributed by atoms with Crippen molar-refractivity contribution in [3.05, 3.63) is 64.3 Å². The van der Waals surface area contributed by atoms with E-state index in [0.29, 0.717) is 38.4 Å². The lowest BCUT2D eigenvalue weighted by Crippen LogP contribution is -2.64. The van der Waals surface area contributed by atoms with Gasteiger partial charge in [-0.2, -0.15) is 0 Å². The summed E-state index contributed by atoms with van der Waals surface area (Å²) < 4.78 is 95.0. The maximum Gasteiger partial charge on any atom is 0.193 e. The zero-order valence-electron chi connectivity index (χ0n) is 52.8. The highest BCUT2D eigenvalue weighted by Gasteiger charge is 2.57. The van der Waals surface area contributed by atoms with E-state index in [-0.39, 0.29) is 106 Å². The third-order valence-corrected chi connectivity index (χ3v) is 32.4. The predicted octanol–water partition coefficient (Wildman–Crippen LogP) is 14.7. The van der Waals surface area contributed by atoms with Gasteiger partial charge in [0.25, 0.3) is 0 Å². The number of sulfone groups is 1. The number of hydrogen-bond donors (Lipinski definition) is 1. The van der Waals surface area contributed by atoms with Crippen LogP contribution in [0.1, 0.15) is 166 Å². The first-order valence-electron chi connectivity index (χ1n) is 31.4. The SMILES string of the molecule is C=C1C[C@H](CCC2OCCO2)O[C@H]1CC[C@H]1C[C@H](C)C(=C)[C@@H](C[C@@H]2O[C@H](C[C@H](C)CC)[C@H](C)[C@H]2C(C(O)C[C@H]2CC[C@@H]3O[C@H]([C@H](/C=C/I)O[Si](C)(C)C(C)(C)C)[C@@H](O[Si](C)(C)C(C)(C)C)[C@@H](C)[C@@H]3O2)S(=O)(=O)c2ccc(CC)cc2)O1. The smallest absolute Gasteiger partial charge is 0.193 e. The van der Waals surface area contributed by atoms with Crippen molar-refractivity contribution < 1.29 is 55.5 Å². The number of ether oxygens (including phenoxy) is 7. The average Bonchev–Trinajstić information content (AvgIpc) is 4.37. The Balaban J connectivity index is 1.15. The number of aliphatic hydroxyl groups is 1. The van der Waals surface area contributed by atoms with Crippen LogP contribution in [0.2, 0.25) is 36.3 Å². The number of aliphatic hydroxyl groups excluding tert-OH is 1. The Morgan fingerprint density at radius 3 is 2.05 bits per heavy atom. The molecule has 0 radical (unpaired) electrons.